The van der Waals surface area contributed by atoms with Gasteiger partial charge >= 0.3 is 6.09 Å². The largest absolute Gasteiger partial charge is 0.444 e. The van der Waals surface area contributed by atoms with E-state index in [2.05, 4.69) is 20.2 Å². The molecule has 3 aliphatic heterocycles. The number of benzene rings is 2. The summed E-state index contributed by atoms with van der Waals surface area (Å²) in [6, 6.07) is 5.78. The van der Waals surface area contributed by atoms with E-state index in [1.807, 2.05) is 6.08 Å². The van der Waals surface area contributed by atoms with E-state index < -0.39 is 58.7 Å². The van der Waals surface area contributed by atoms with E-state index in [1.165, 1.54) is 30.4 Å². The lowest BCUT2D eigenvalue weighted by Gasteiger charge is -2.42. The van der Waals surface area contributed by atoms with Gasteiger partial charge in [-0.15, -0.1) is 0 Å². The monoisotopic (exact) mass is 756 g/mol. The molecule has 4 heterocycles. The minimum Gasteiger partial charge on any atom is -0.444 e. The van der Waals surface area contributed by atoms with E-state index in [0.29, 0.717) is 37.4 Å². The average molecular weight is 757 g/mol. The first-order chi connectivity index (χ1) is 25.0. The van der Waals surface area contributed by atoms with Gasteiger partial charge < -0.3 is 29.7 Å². The maximum absolute atomic E-state index is 14.8. The number of nitrogens with zero attached hydrogens (tertiary/aromatic N) is 5. The number of aromatic nitrogens is 2. The van der Waals surface area contributed by atoms with Crippen molar-refractivity contribution in [2.75, 3.05) is 43.1 Å². The third-order valence-corrected chi connectivity index (χ3v) is 9.73. The van der Waals surface area contributed by atoms with Gasteiger partial charge in [0.25, 0.3) is 11.8 Å². The number of aliphatic hydroxyl groups is 1. The van der Waals surface area contributed by atoms with Crippen molar-refractivity contribution < 1.29 is 42.1 Å². The van der Waals surface area contributed by atoms with E-state index in [4.69, 9.17) is 21.1 Å². The van der Waals surface area contributed by atoms with Crippen LogP contribution in [0.3, 0.4) is 0 Å². The third kappa shape index (κ3) is 8.33. The summed E-state index contributed by atoms with van der Waals surface area (Å²) in [6.45, 7) is 6.52. The first kappa shape index (κ1) is 38.2. The van der Waals surface area contributed by atoms with Gasteiger partial charge in [-0.3, -0.25) is 14.5 Å². The maximum atomic E-state index is 14.8. The topological polar surface area (TPSA) is 137 Å². The van der Waals surface area contributed by atoms with Gasteiger partial charge in [-0.25, -0.2) is 27.9 Å². The molecule has 16 heteroatoms. The Balaban J connectivity index is 1.10. The van der Waals surface area contributed by atoms with Crippen molar-refractivity contribution in [2.24, 2.45) is 0 Å². The summed E-state index contributed by atoms with van der Waals surface area (Å²) in [6.07, 6.45) is 4.01. The number of alkyl carbamates (subject to hydrolysis) is 1. The normalized spacial score (nSPS) is 23.8. The first-order valence-corrected chi connectivity index (χ1v) is 17.5. The van der Waals surface area contributed by atoms with Crippen LogP contribution in [0.1, 0.15) is 57.5 Å². The second kappa shape index (κ2) is 15.0. The Hall–Kier alpha value is -4.57. The van der Waals surface area contributed by atoms with Gasteiger partial charge in [-0.1, -0.05) is 17.7 Å². The zero-order chi connectivity index (χ0) is 38.2. The van der Waals surface area contributed by atoms with Crippen LogP contribution < -0.4 is 15.1 Å². The Morgan fingerprint density at radius 1 is 1.09 bits per heavy atom. The molecule has 2 saturated heterocycles. The van der Waals surface area contributed by atoms with Crippen LogP contribution in [0, 0.1) is 17.5 Å². The predicted octanol–water partition coefficient (Wildman–Crippen LogP) is 5.19. The van der Waals surface area contributed by atoms with Gasteiger partial charge in [0.05, 0.1) is 30.7 Å². The lowest BCUT2D eigenvalue weighted by Crippen LogP contribution is -2.53. The number of likely N-dealkylation sites (N-methyl/N-ethyl adjacent to an activating group) is 1. The Morgan fingerprint density at radius 3 is 2.49 bits per heavy atom. The number of rotatable bonds is 7. The summed E-state index contributed by atoms with van der Waals surface area (Å²) in [4.78, 5) is 52.7. The number of carbonyl (C=O) groups excluding carboxylic acids is 3. The average Bonchev–Trinajstić information content (AvgIpc) is 3.41. The molecule has 0 unspecified atom stereocenters. The van der Waals surface area contributed by atoms with Crippen molar-refractivity contribution in [1.82, 2.24) is 20.2 Å². The fraction of sp³-hybridized carbons (Fsp3) is 0.432. The van der Waals surface area contributed by atoms with Gasteiger partial charge in [0.2, 0.25) is 5.60 Å². The number of carbonyl (C=O) groups is 3. The van der Waals surface area contributed by atoms with Gasteiger partial charge in [-0.05, 0) is 75.6 Å². The molecule has 4 atom stereocenters. The van der Waals surface area contributed by atoms with Crippen LogP contribution in [-0.4, -0.2) is 94.5 Å². The molecule has 0 spiro atoms. The van der Waals surface area contributed by atoms with Gasteiger partial charge in [0, 0.05) is 55.4 Å². The molecule has 3 amide bonds. The summed E-state index contributed by atoms with van der Waals surface area (Å²) in [5.74, 6) is -3.26. The zero-order valence-corrected chi connectivity index (χ0v) is 30.4. The SMILES string of the molecule is CN(C(=O)[C@@]1(O)CCN(c2cnc(C3=CCN([C@H]4CO[C@H](c5cc(F)ccc5F)[C@@H](NC(=O)OC(C)(C)C)C4)CC3)nc2)C1=O)c1cc(F)cc(Cl)c1. The minimum atomic E-state index is -2.38. The van der Waals surface area contributed by atoms with Crippen molar-refractivity contribution in [2.45, 2.75) is 69.4 Å². The Kier molecular flexibility index (Phi) is 10.8. The molecule has 2 N–H and O–H groups in total. The molecule has 12 nitrogen and oxygen atoms in total. The Morgan fingerprint density at radius 2 is 1.83 bits per heavy atom. The fourth-order valence-corrected chi connectivity index (χ4v) is 7.04. The molecular weight excluding hydrogens is 717 g/mol. The molecule has 6 rings (SSSR count). The zero-order valence-electron chi connectivity index (χ0n) is 29.6. The van der Waals surface area contributed by atoms with Crippen molar-refractivity contribution in [3.05, 3.63) is 88.7 Å². The fourth-order valence-electron chi connectivity index (χ4n) is 6.83. The molecule has 0 radical (unpaired) electrons. The molecular formula is C37H40ClF3N6O6. The molecule has 282 valence electrons. The van der Waals surface area contributed by atoms with Gasteiger partial charge in [0.15, 0.2) is 5.82 Å². The van der Waals surface area contributed by atoms with E-state index >= 15 is 0 Å². The van der Waals surface area contributed by atoms with Crippen LogP contribution in [-0.2, 0) is 19.1 Å². The highest BCUT2D eigenvalue weighted by atomic mass is 35.5. The summed E-state index contributed by atoms with van der Waals surface area (Å²) in [5, 5.41) is 14.1. The maximum Gasteiger partial charge on any atom is 0.407 e. The quantitative estimate of drug-likeness (QED) is 0.312. The van der Waals surface area contributed by atoms with Crippen LogP contribution in [0.15, 0.2) is 54.9 Å². The lowest BCUT2D eigenvalue weighted by atomic mass is 9.91. The number of amides is 3. The van der Waals surface area contributed by atoms with Gasteiger partial charge in [0.1, 0.15) is 29.2 Å². The Labute approximate surface area is 309 Å². The highest BCUT2D eigenvalue weighted by Crippen LogP contribution is 2.35. The number of hydrogen-bond acceptors (Lipinski definition) is 9. The first-order valence-electron chi connectivity index (χ1n) is 17.1. The van der Waals surface area contributed by atoms with Gasteiger partial charge in [-0.2, -0.15) is 0 Å². The van der Waals surface area contributed by atoms with E-state index in [0.717, 1.165) is 40.8 Å². The summed E-state index contributed by atoms with van der Waals surface area (Å²) >= 11 is 5.93. The van der Waals surface area contributed by atoms with Crippen molar-refractivity contribution >= 4 is 46.5 Å². The molecule has 3 aromatic rings. The minimum absolute atomic E-state index is 0.0133. The molecule has 0 saturated carbocycles. The molecule has 1 aromatic heterocycles. The lowest BCUT2D eigenvalue weighted by molar-refractivity contribution is -0.147. The second-order valence-corrected chi connectivity index (χ2v) is 14.8. The van der Waals surface area contributed by atoms with E-state index in [-0.39, 0.29) is 41.9 Å². The standard InChI is InChI=1S/C37H40ClF3N6O6/c1-36(2,3)53-35(50)44-30-17-26(20-52-31(30)28-16-23(39)5-6-29(28)41)46-10-7-21(8-11-46)32-42-18-27(19-43-32)47-12-9-37(51,34(47)49)33(48)45(4)25-14-22(38)13-24(40)15-25/h5-7,13-16,18-19,26,30-31,51H,8-12,17,20H2,1-4H3,(H,44,50)/t26-,30+,31-,37+/m1/s1. The highest BCUT2D eigenvalue weighted by Gasteiger charge is 2.53. The molecule has 0 aliphatic carbocycles. The van der Waals surface area contributed by atoms with Crippen LogP contribution in [0.5, 0.6) is 0 Å². The van der Waals surface area contributed by atoms with E-state index in [1.54, 1.807) is 20.8 Å². The molecule has 3 aliphatic rings. The smallest absolute Gasteiger partial charge is 0.407 e. The van der Waals surface area contributed by atoms with Crippen LogP contribution in [0.25, 0.3) is 5.57 Å². The number of nitrogens with one attached hydrogen (secondary N) is 1. The molecule has 2 fully saturated rings. The highest BCUT2D eigenvalue weighted by molar-refractivity contribution is 6.31. The summed E-state index contributed by atoms with van der Waals surface area (Å²) < 4.78 is 54.4. The predicted molar refractivity (Wildman–Crippen MR) is 190 cm³/mol. The number of hydrogen-bond donors (Lipinski definition) is 2. The van der Waals surface area contributed by atoms with E-state index in [9.17, 15) is 32.7 Å². The van der Waals surface area contributed by atoms with Crippen LogP contribution in [0.2, 0.25) is 5.02 Å². The summed E-state index contributed by atoms with van der Waals surface area (Å²) in [7, 11) is 1.32. The molecule has 53 heavy (non-hydrogen) atoms. The Bertz CT molecular complexity index is 1910. The summed E-state index contributed by atoms with van der Waals surface area (Å²) in [5.41, 5.74) is -1.89. The van der Waals surface area contributed by atoms with Crippen LogP contribution >= 0.6 is 11.6 Å². The number of ether oxygens (including phenoxy) is 2. The number of anilines is 2. The van der Waals surface area contributed by atoms with Crippen molar-refractivity contribution in [3.63, 3.8) is 0 Å². The van der Waals surface area contributed by atoms with Crippen molar-refractivity contribution in [1.29, 1.82) is 0 Å². The van der Waals surface area contributed by atoms with Crippen molar-refractivity contribution in [3.8, 4) is 0 Å². The molecule has 2 aromatic carbocycles. The third-order valence-electron chi connectivity index (χ3n) is 9.51. The molecule has 0 bridgehead atoms. The second-order valence-electron chi connectivity index (χ2n) is 14.4. The van der Waals surface area contributed by atoms with Crippen LogP contribution in [0.4, 0.5) is 29.3 Å². The number of halogens is 4.